The van der Waals surface area contributed by atoms with Crippen LogP contribution in [0.2, 0.25) is 0 Å². The first kappa shape index (κ1) is 14.3. The molecule has 1 aliphatic rings. The van der Waals surface area contributed by atoms with E-state index in [4.69, 9.17) is 5.73 Å². The van der Waals surface area contributed by atoms with E-state index in [1.807, 2.05) is 26.8 Å². The summed E-state index contributed by atoms with van der Waals surface area (Å²) in [6.45, 7) is 6.72. The average molecular weight is 282 g/mol. The molecule has 2 N–H and O–H groups in total. The quantitative estimate of drug-likeness (QED) is 0.843. The molecule has 0 aromatic heterocycles. The highest BCUT2D eigenvalue weighted by molar-refractivity contribution is 7.89. The molecular formula is C14H22N2O2S. The van der Waals surface area contributed by atoms with Gasteiger partial charge in [-0.25, -0.2) is 8.42 Å². The largest absolute Gasteiger partial charge is 0.398 e. The van der Waals surface area contributed by atoms with Crippen molar-refractivity contribution in [1.29, 1.82) is 0 Å². The van der Waals surface area contributed by atoms with E-state index in [1.165, 1.54) is 0 Å². The molecule has 0 saturated heterocycles. The molecule has 0 radical (unpaired) electrons. The number of rotatable bonds is 5. The van der Waals surface area contributed by atoms with Crippen LogP contribution in [0.15, 0.2) is 17.0 Å². The molecule has 1 aromatic rings. The van der Waals surface area contributed by atoms with Gasteiger partial charge in [0, 0.05) is 13.1 Å². The first-order chi connectivity index (χ1) is 8.87. The van der Waals surface area contributed by atoms with Gasteiger partial charge in [0.15, 0.2) is 0 Å². The number of nitrogen functional groups attached to an aromatic ring is 1. The highest BCUT2D eigenvalue weighted by atomic mass is 32.2. The summed E-state index contributed by atoms with van der Waals surface area (Å²) in [6, 6.07) is 3.54. The van der Waals surface area contributed by atoms with Crippen LogP contribution in [0.1, 0.15) is 30.9 Å². The SMILES string of the molecule is CCN(CC1CC1)S(=O)(=O)c1c(N)ccc(C)c1C. The number of anilines is 1. The summed E-state index contributed by atoms with van der Waals surface area (Å²) in [4.78, 5) is 0.287. The molecule has 1 aliphatic carbocycles. The molecule has 0 heterocycles. The Kier molecular flexibility index (Phi) is 3.87. The Morgan fingerprint density at radius 3 is 2.47 bits per heavy atom. The van der Waals surface area contributed by atoms with Crippen molar-refractivity contribution in [3.63, 3.8) is 0 Å². The number of hydrogen-bond acceptors (Lipinski definition) is 3. The summed E-state index contributed by atoms with van der Waals surface area (Å²) in [7, 11) is -3.48. The zero-order valence-corrected chi connectivity index (χ0v) is 12.6. The lowest BCUT2D eigenvalue weighted by atomic mass is 10.1. The lowest BCUT2D eigenvalue weighted by Gasteiger charge is -2.23. The zero-order chi connectivity index (χ0) is 14.2. The van der Waals surface area contributed by atoms with E-state index >= 15 is 0 Å². The number of nitrogens with zero attached hydrogens (tertiary/aromatic N) is 1. The molecule has 4 nitrogen and oxygen atoms in total. The number of sulfonamides is 1. The maximum absolute atomic E-state index is 12.8. The fourth-order valence-electron chi connectivity index (χ4n) is 2.27. The van der Waals surface area contributed by atoms with Crippen LogP contribution in [0.4, 0.5) is 5.69 Å². The monoisotopic (exact) mass is 282 g/mol. The summed E-state index contributed by atoms with van der Waals surface area (Å²) in [5.41, 5.74) is 7.97. The normalized spacial score (nSPS) is 16.0. The number of aryl methyl sites for hydroxylation is 1. The van der Waals surface area contributed by atoms with E-state index in [-0.39, 0.29) is 4.90 Å². The van der Waals surface area contributed by atoms with Crippen molar-refractivity contribution in [1.82, 2.24) is 4.31 Å². The van der Waals surface area contributed by atoms with E-state index in [0.29, 0.717) is 24.7 Å². The van der Waals surface area contributed by atoms with Gasteiger partial charge in [-0.1, -0.05) is 13.0 Å². The standard InChI is InChI=1S/C14H22N2O2S/c1-4-16(9-12-6-7-12)19(17,18)14-11(3)10(2)5-8-13(14)15/h5,8,12H,4,6-7,9,15H2,1-3H3. The van der Waals surface area contributed by atoms with Gasteiger partial charge in [-0.3, -0.25) is 0 Å². The van der Waals surface area contributed by atoms with Gasteiger partial charge < -0.3 is 5.73 Å². The van der Waals surface area contributed by atoms with Crippen molar-refractivity contribution in [3.8, 4) is 0 Å². The van der Waals surface area contributed by atoms with Gasteiger partial charge in [-0.05, 0) is 49.8 Å². The van der Waals surface area contributed by atoms with Crippen LogP contribution in [-0.4, -0.2) is 25.8 Å². The molecule has 2 rings (SSSR count). The molecule has 1 aromatic carbocycles. The molecule has 0 aliphatic heterocycles. The minimum Gasteiger partial charge on any atom is -0.398 e. The molecule has 1 fully saturated rings. The Morgan fingerprint density at radius 1 is 1.32 bits per heavy atom. The number of hydrogen-bond donors (Lipinski definition) is 1. The Hall–Kier alpha value is -1.07. The fraction of sp³-hybridized carbons (Fsp3) is 0.571. The van der Waals surface area contributed by atoms with Gasteiger partial charge in [-0.2, -0.15) is 4.31 Å². The first-order valence-corrected chi connectivity index (χ1v) is 8.17. The molecule has 19 heavy (non-hydrogen) atoms. The third-order valence-corrected chi connectivity index (χ3v) is 5.96. The van der Waals surface area contributed by atoms with Gasteiger partial charge in [-0.15, -0.1) is 0 Å². The van der Waals surface area contributed by atoms with Gasteiger partial charge in [0.05, 0.1) is 5.69 Å². The Bertz CT molecular complexity index is 577. The third-order valence-electron chi connectivity index (χ3n) is 3.82. The molecule has 106 valence electrons. The predicted octanol–water partition coefficient (Wildman–Crippen LogP) is 2.31. The lowest BCUT2D eigenvalue weighted by Crippen LogP contribution is -2.33. The molecule has 0 bridgehead atoms. The number of nitrogens with two attached hydrogens (primary N) is 1. The van der Waals surface area contributed by atoms with E-state index in [0.717, 1.165) is 24.0 Å². The van der Waals surface area contributed by atoms with Crippen LogP contribution >= 0.6 is 0 Å². The second-order valence-corrected chi connectivity index (χ2v) is 7.20. The summed E-state index contributed by atoms with van der Waals surface area (Å²) in [5, 5.41) is 0. The highest BCUT2D eigenvalue weighted by Gasteiger charge is 2.32. The molecule has 1 saturated carbocycles. The second-order valence-electron chi connectivity index (χ2n) is 5.32. The van der Waals surface area contributed by atoms with E-state index < -0.39 is 10.0 Å². The van der Waals surface area contributed by atoms with E-state index in [2.05, 4.69) is 0 Å². The Labute approximate surface area is 115 Å². The van der Waals surface area contributed by atoms with Gasteiger partial charge in [0.2, 0.25) is 10.0 Å². The molecule has 0 unspecified atom stereocenters. The van der Waals surface area contributed by atoms with Crippen LogP contribution in [0.5, 0.6) is 0 Å². The van der Waals surface area contributed by atoms with Gasteiger partial charge in [0.25, 0.3) is 0 Å². The minimum atomic E-state index is -3.48. The van der Waals surface area contributed by atoms with Crippen LogP contribution in [0.25, 0.3) is 0 Å². The van der Waals surface area contributed by atoms with Crippen molar-refractivity contribution in [2.45, 2.75) is 38.5 Å². The van der Waals surface area contributed by atoms with Gasteiger partial charge >= 0.3 is 0 Å². The highest BCUT2D eigenvalue weighted by Crippen LogP contribution is 2.33. The predicted molar refractivity (Wildman–Crippen MR) is 77.5 cm³/mol. The fourth-order valence-corrected chi connectivity index (χ4v) is 4.19. The van der Waals surface area contributed by atoms with Crippen LogP contribution in [0, 0.1) is 19.8 Å². The van der Waals surface area contributed by atoms with Crippen molar-refractivity contribution in [2.75, 3.05) is 18.8 Å². The summed E-state index contributed by atoms with van der Waals surface area (Å²) >= 11 is 0. The second kappa shape index (κ2) is 5.13. The summed E-state index contributed by atoms with van der Waals surface area (Å²) in [6.07, 6.45) is 2.27. The van der Waals surface area contributed by atoms with Crippen LogP contribution in [0.3, 0.4) is 0 Å². The van der Waals surface area contributed by atoms with Crippen molar-refractivity contribution < 1.29 is 8.42 Å². The van der Waals surface area contributed by atoms with Crippen molar-refractivity contribution in [3.05, 3.63) is 23.3 Å². The van der Waals surface area contributed by atoms with Crippen molar-refractivity contribution in [2.24, 2.45) is 5.92 Å². The minimum absolute atomic E-state index is 0.287. The maximum atomic E-state index is 12.8. The first-order valence-electron chi connectivity index (χ1n) is 6.73. The molecule has 5 heteroatoms. The molecule has 0 spiro atoms. The summed E-state index contributed by atoms with van der Waals surface area (Å²) in [5.74, 6) is 0.529. The van der Waals surface area contributed by atoms with Crippen LogP contribution < -0.4 is 5.73 Å². The van der Waals surface area contributed by atoms with Crippen LogP contribution in [-0.2, 0) is 10.0 Å². The molecule has 0 atom stereocenters. The van der Waals surface area contributed by atoms with E-state index in [1.54, 1.807) is 10.4 Å². The maximum Gasteiger partial charge on any atom is 0.245 e. The van der Waals surface area contributed by atoms with E-state index in [9.17, 15) is 8.42 Å². The lowest BCUT2D eigenvalue weighted by molar-refractivity contribution is 0.412. The zero-order valence-electron chi connectivity index (χ0n) is 11.8. The topological polar surface area (TPSA) is 63.4 Å². The summed E-state index contributed by atoms with van der Waals surface area (Å²) < 4.78 is 27.1. The molecular weight excluding hydrogens is 260 g/mol. The average Bonchev–Trinajstić information content (AvgIpc) is 3.14. The van der Waals surface area contributed by atoms with Gasteiger partial charge in [0.1, 0.15) is 4.90 Å². The Morgan fingerprint density at radius 2 is 1.95 bits per heavy atom. The smallest absolute Gasteiger partial charge is 0.245 e. The third kappa shape index (κ3) is 2.77. The number of benzene rings is 1. The van der Waals surface area contributed by atoms with Crippen molar-refractivity contribution >= 4 is 15.7 Å². The molecule has 0 amide bonds. The Balaban J connectivity index is 2.45.